The van der Waals surface area contributed by atoms with E-state index >= 15 is 0 Å². The van der Waals surface area contributed by atoms with Gasteiger partial charge in [-0.3, -0.25) is 14.7 Å². The van der Waals surface area contributed by atoms with Gasteiger partial charge in [0.25, 0.3) is 0 Å². The lowest BCUT2D eigenvalue weighted by Gasteiger charge is -2.38. The predicted octanol–water partition coefficient (Wildman–Crippen LogP) is 7.85. The minimum absolute atomic E-state index is 0.0689. The Morgan fingerprint density at radius 2 is 1.47 bits per heavy atom. The summed E-state index contributed by atoms with van der Waals surface area (Å²) in [5, 5.41) is 0. The molecule has 5 heteroatoms. The molecule has 0 atom stereocenters. The largest absolute Gasteiger partial charge is 0.345 e. The van der Waals surface area contributed by atoms with Gasteiger partial charge < -0.3 is 9.80 Å². The maximum absolute atomic E-state index is 13.8. The van der Waals surface area contributed by atoms with Crippen LogP contribution in [0.5, 0.6) is 0 Å². The standard InChI is InChI=1S/C38H44N4O/c1-38(2,3)33-15-10-30(11-16-33)14-19-37(43)42(36-22-26-41(27-23-36)28-31-8-6-5-7-9-31)29-32-12-17-34(18-13-32)40(4)35-20-24-39-25-21-35/h5-21,24-25,36H,22-23,26-29H2,1-4H3. The molecule has 0 unspecified atom stereocenters. The van der Waals surface area contributed by atoms with E-state index in [1.165, 1.54) is 11.1 Å². The first-order valence-corrected chi connectivity index (χ1v) is 15.3. The van der Waals surface area contributed by atoms with Gasteiger partial charge in [0.15, 0.2) is 0 Å². The van der Waals surface area contributed by atoms with Crippen LogP contribution >= 0.6 is 0 Å². The number of amides is 1. The number of carbonyl (C=O) groups excluding carboxylic acids is 1. The van der Waals surface area contributed by atoms with Gasteiger partial charge in [0, 0.05) is 69.1 Å². The first-order valence-electron chi connectivity index (χ1n) is 15.3. The lowest BCUT2D eigenvalue weighted by atomic mass is 9.87. The fourth-order valence-electron chi connectivity index (χ4n) is 5.71. The molecule has 1 amide bonds. The van der Waals surface area contributed by atoms with Gasteiger partial charge in [-0.1, -0.05) is 87.5 Å². The highest BCUT2D eigenvalue weighted by molar-refractivity contribution is 5.92. The van der Waals surface area contributed by atoms with Crippen molar-refractivity contribution >= 4 is 23.4 Å². The van der Waals surface area contributed by atoms with Gasteiger partial charge in [0.1, 0.15) is 0 Å². The van der Waals surface area contributed by atoms with Crippen LogP contribution in [-0.4, -0.2) is 46.9 Å². The van der Waals surface area contributed by atoms with Crippen molar-refractivity contribution in [3.63, 3.8) is 0 Å². The summed E-state index contributed by atoms with van der Waals surface area (Å²) in [5.41, 5.74) is 7.09. The number of carbonyl (C=O) groups is 1. The topological polar surface area (TPSA) is 39.7 Å². The first kappa shape index (κ1) is 30.2. The average Bonchev–Trinajstić information content (AvgIpc) is 3.03. The summed E-state index contributed by atoms with van der Waals surface area (Å²) >= 11 is 0. The molecule has 0 radical (unpaired) electrons. The third-order valence-electron chi connectivity index (χ3n) is 8.45. The molecule has 1 aliphatic heterocycles. The van der Waals surface area contributed by atoms with Crippen molar-refractivity contribution in [3.05, 3.63) is 132 Å². The Hall–Kier alpha value is -4.22. The van der Waals surface area contributed by atoms with Crippen LogP contribution in [0.4, 0.5) is 11.4 Å². The predicted molar refractivity (Wildman–Crippen MR) is 178 cm³/mol. The Labute approximate surface area is 257 Å². The van der Waals surface area contributed by atoms with Crippen LogP contribution < -0.4 is 4.90 Å². The van der Waals surface area contributed by atoms with Crippen LogP contribution in [0, 0.1) is 0 Å². The first-order chi connectivity index (χ1) is 20.8. The van der Waals surface area contributed by atoms with Crippen LogP contribution in [0.15, 0.2) is 109 Å². The normalized spacial score (nSPS) is 14.6. The van der Waals surface area contributed by atoms with Crippen LogP contribution in [0.3, 0.4) is 0 Å². The number of aromatic nitrogens is 1. The highest BCUT2D eigenvalue weighted by atomic mass is 16.2. The summed E-state index contributed by atoms with van der Waals surface area (Å²) in [6.07, 6.45) is 9.26. The van der Waals surface area contributed by atoms with Crippen molar-refractivity contribution in [3.8, 4) is 0 Å². The second kappa shape index (κ2) is 13.8. The molecule has 1 aliphatic rings. The van der Waals surface area contributed by atoms with Crippen LogP contribution in [0.2, 0.25) is 0 Å². The number of benzene rings is 3. The lowest BCUT2D eigenvalue weighted by Crippen LogP contribution is -2.46. The van der Waals surface area contributed by atoms with Gasteiger partial charge in [0.2, 0.25) is 5.91 Å². The number of piperidine rings is 1. The zero-order chi connectivity index (χ0) is 30.2. The molecule has 0 N–H and O–H groups in total. The average molecular weight is 573 g/mol. The number of hydrogen-bond donors (Lipinski definition) is 0. The van der Waals surface area contributed by atoms with E-state index in [0.29, 0.717) is 6.54 Å². The van der Waals surface area contributed by atoms with Crippen molar-refractivity contribution in [2.24, 2.45) is 0 Å². The molecule has 1 fully saturated rings. The second-order valence-corrected chi connectivity index (χ2v) is 12.6. The van der Waals surface area contributed by atoms with Crippen molar-refractivity contribution in [1.29, 1.82) is 0 Å². The van der Waals surface area contributed by atoms with Crippen molar-refractivity contribution < 1.29 is 4.79 Å². The maximum Gasteiger partial charge on any atom is 0.247 e. The molecule has 2 heterocycles. The Bertz CT molecular complexity index is 1470. The summed E-state index contributed by atoms with van der Waals surface area (Å²) < 4.78 is 0. The maximum atomic E-state index is 13.8. The van der Waals surface area contributed by atoms with Crippen LogP contribution in [0.1, 0.15) is 55.9 Å². The summed E-state index contributed by atoms with van der Waals surface area (Å²) in [4.78, 5) is 24.7. The molecular weight excluding hydrogens is 528 g/mol. The fraction of sp³-hybridized carbons (Fsp3) is 0.316. The zero-order valence-electron chi connectivity index (χ0n) is 26.0. The number of likely N-dealkylation sites (tertiary alicyclic amines) is 1. The van der Waals surface area contributed by atoms with Gasteiger partial charge in [-0.2, -0.15) is 0 Å². The molecule has 1 saturated heterocycles. The van der Waals surface area contributed by atoms with E-state index in [9.17, 15) is 4.79 Å². The van der Waals surface area contributed by atoms with E-state index < -0.39 is 0 Å². The smallest absolute Gasteiger partial charge is 0.247 e. The third-order valence-corrected chi connectivity index (χ3v) is 8.45. The van der Waals surface area contributed by atoms with Gasteiger partial charge in [-0.05, 0) is 70.9 Å². The lowest BCUT2D eigenvalue weighted by molar-refractivity contribution is -0.130. The monoisotopic (exact) mass is 572 g/mol. The molecule has 1 aromatic heterocycles. The van der Waals surface area contributed by atoms with Gasteiger partial charge in [-0.25, -0.2) is 0 Å². The van der Waals surface area contributed by atoms with Gasteiger partial charge >= 0.3 is 0 Å². The van der Waals surface area contributed by atoms with E-state index in [4.69, 9.17) is 0 Å². The van der Waals surface area contributed by atoms with Crippen molar-refractivity contribution in [2.75, 3.05) is 25.0 Å². The summed E-state index contributed by atoms with van der Waals surface area (Å²) in [6, 6.07) is 31.9. The quantitative estimate of drug-likeness (QED) is 0.192. The zero-order valence-corrected chi connectivity index (χ0v) is 26.0. The number of anilines is 2. The molecule has 0 saturated carbocycles. The number of nitrogens with zero attached hydrogens (tertiary/aromatic N) is 4. The molecule has 43 heavy (non-hydrogen) atoms. The number of hydrogen-bond acceptors (Lipinski definition) is 4. The summed E-state index contributed by atoms with van der Waals surface area (Å²) in [5.74, 6) is 0.0689. The molecule has 3 aromatic carbocycles. The van der Waals surface area contributed by atoms with E-state index in [2.05, 4.69) is 126 Å². The van der Waals surface area contributed by atoms with E-state index in [0.717, 1.165) is 55.0 Å². The minimum atomic E-state index is 0.0689. The Balaban J connectivity index is 1.30. The summed E-state index contributed by atoms with van der Waals surface area (Å²) in [6.45, 7) is 10.2. The molecular formula is C38H44N4O. The molecule has 0 bridgehead atoms. The van der Waals surface area contributed by atoms with E-state index in [1.54, 1.807) is 18.5 Å². The Morgan fingerprint density at radius 3 is 2.09 bits per heavy atom. The highest BCUT2D eigenvalue weighted by Crippen LogP contribution is 2.26. The number of pyridine rings is 1. The fourth-order valence-corrected chi connectivity index (χ4v) is 5.71. The molecule has 5 rings (SSSR count). The third kappa shape index (κ3) is 8.20. The Morgan fingerprint density at radius 1 is 0.837 bits per heavy atom. The van der Waals surface area contributed by atoms with Crippen LogP contribution in [0.25, 0.3) is 6.08 Å². The van der Waals surface area contributed by atoms with Gasteiger partial charge in [0.05, 0.1) is 0 Å². The molecule has 5 nitrogen and oxygen atoms in total. The minimum Gasteiger partial charge on any atom is -0.345 e. The Kier molecular flexibility index (Phi) is 9.73. The van der Waals surface area contributed by atoms with Crippen molar-refractivity contribution in [2.45, 2.75) is 58.2 Å². The molecule has 222 valence electrons. The van der Waals surface area contributed by atoms with Crippen LogP contribution in [-0.2, 0) is 23.3 Å². The number of rotatable bonds is 9. The van der Waals surface area contributed by atoms with Gasteiger partial charge in [-0.15, -0.1) is 0 Å². The van der Waals surface area contributed by atoms with E-state index in [1.807, 2.05) is 18.2 Å². The highest BCUT2D eigenvalue weighted by Gasteiger charge is 2.27. The molecule has 0 spiro atoms. The molecule has 4 aromatic rings. The SMILES string of the molecule is CN(c1ccncc1)c1ccc(CN(C(=O)C=Cc2ccc(C(C)(C)C)cc2)C2CCN(Cc3ccccc3)CC2)cc1. The van der Waals surface area contributed by atoms with Crippen molar-refractivity contribution in [1.82, 2.24) is 14.8 Å². The molecule has 0 aliphatic carbocycles. The van der Waals surface area contributed by atoms with E-state index in [-0.39, 0.29) is 17.4 Å². The summed E-state index contributed by atoms with van der Waals surface area (Å²) in [7, 11) is 2.06. The second-order valence-electron chi connectivity index (χ2n) is 12.6.